The van der Waals surface area contributed by atoms with Crippen molar-refractivity contribution >= 4 is 23.5 Å². The number of aryl methyl sites for hydroxylation is 1. The number of benzene rings is 3. The number of Topliss-reactive ketones (excluding diaryl/α,β-unsaturated/α-hetero) is 1. The third kappa shape index (κ3) is 3.93. The van der Waals surface area contributed by atoms with Crippen molar-refractivity contribution in [2.45, 2.75) is 6.92 Å². The van der Waals surface area contributed by atoms with E-state index in [0.29, 0.717) is 22.4 Å². The molecule has 0 amide bonds. The number of hydrogen-bond donors (Lipinski definition) is 0. The van der Waals surface area contributed by atoms with Crippen LogP contribution in [0.5, 0.6) is 17.2 Å². The van der Waals surface area contributed by atoms with Gasteiger partial charge in [-0.25, -0.2) is 4.79 Å². The Morgan fingerprint density at radius 3 is 2.50 bits per heavy atom. The summed E-state index contributed by atoms with van der Waals surface area (Å²) in [6.07, 6.45) is 1.51. The number of nitrogens with zero attached hydrogens (tertiary/aromatic N) is 1. The maximum absolute atomic E-state index is 12.8. The van der Waals surface area contributed by atoms with E-state index < -0.39 is 10.9 Å². The first-order chi connectivity index (χ1) is 15.4. The highest BCUT2D eigenvalue weighted by molar-refractivity contribution is 6.15. The highest BCUT2D eigenvalue weighted by Crippen LogP contribution is 2.38. The van der Waals surface area contributed by atoms with Crippen LogP contribution in [0.15, 0.2) is 66.4 Å². The number of carbonyl (C=O) groups excluding carboxylic acids is 2. The fraction of sp³-hybridized carbons (Fsp3) is 0.0833. The number of fused-ring (bicyclic) bond motifs is 1. The Morgan fingerprint density at radius 1 is 1.09 bits per heavy atom. The molecule has 0 N–H and O–H groups in total. The minimum Gasteiger partial charge on any atom is -0.496 e. The molecular weight excluding hydrogens is 414 g/mol. The maximum atomic E-state index is 12.8. The first kappa shape index (κ1) is 20.8. The van der Waals surface area contributed by atoms with E-state index in [1.165, 1.54) is 43.5 Å². The molecule has 0 radical (unpaired) electrons. The summed E-state index contributed by atoms with van der Waals surface area (Å²) in [5, 5.41) is 10.8. The van der Waals surface area contributed by atoms with Gasteiger partial charge >= 0.3 is 5.97 Å². The summed E-state index contributed by atoms with van der Waals surface area (Å²) in [5.41, 5.74) is 1.75. The van der Waals surface area contributed by atoms with Gasteiger partial charge in [-0.2, -0.15) is 0 Å². The molecule has 8 heteroatoms. The number of rotatable bonds is 5. The summed E-state index contributed by atoms with van der Waals surface area (Å²) in [7, 11) is 1.46. The molecule has 1 heterocycles. The molecule has 0 bridgehead atoms. The molecule has 0 saturated heterocycles. The summed E-state index contributed by atoms with van der Waals surface area (Å²) in [5.74, 6) is 0.0269. The normalized spacial score (nSPS) is 13.4. The molecule has 3 aromatic carbocycles. The zero-order valence-electron chi connectivity index (χ0n) is 17.2. The number of esters is 1. The van der Waals surface area contributed by atoms with Crippen molar-refractivity contribution in [1.82, 2.24) is 0 Å². The van der Waals surface area contributed by atoms with Gasteiger partial charge < -0.3 is 14.2 Å². The molecule has 4 rings (SSSR count). The van der Waals surface area contributed by atoms with Crippen LogP contribution in [0.4, 0.5) is 5.69 Å². The smallest absolute Gasteiger partial charge is 0.347 e. The Balaban J connectivity index is 1.59. The summed E-state index contributed by atoms with van der Waals surface area (Å²) in [6.45, 7) is 1.72. The van der Waals surface area contributed by atoms with Gasteiger partial charge in [-0.05, 0) is 54.5 Å². The van der Waals surface area contributed by atoms with Crippen LogP contribution in [-0.4, -0.2) is 23.8 Å². The molecule has 32 heavy (non-hydrogen) atoms. The Bertz CT molecular complexity index is 1280. The van der Waals surface area contributed by atoms with Crippen molar-refractivity contribution in [1.29, 1.82) is 0 Å². The summed E-state index contributed by atoms with van der Waals surface area (Å²) < 4.78 is 16.4. The quantitative estimate of drug-likeness (QED) is 0.189. The number of ether oxygens (including phenoxy) is 3. The first-order valence-electron chi connectivity index (χ1n) is 9.56. The van der Waals surface area contributed by atoms with Crippen LogP contribution in [-0.2, 0) is 0 Å². The van der Waals surface area contributed by atoms with E-state index in [2.05, 4.69) is 0 Å². The largest absolute Gasteiger partial charge is 0.496 e. The predicted molar refractivity (Wildman–Crippen MR) is 115 cm³/mol. The number of nitro groups is 1. The van der Waals surface area contributed by atoms with Crippen LogP contribution in [0.1, 0.15) is 31.8 Å². The highest BCUT2D eigenvalue weighted by atomic mass is 16.6. The van der Waals surface area contributed by atoms with E-state index in [0.717, 1.165) is 0 Å². The van der Waals surface area contributed by atoms with Crippen molar-refractivity contribution in [2.24, 2.45) is 0 Å². The van der Waals surface area contributed by atoms with Crippen LogP contribution in [0.2, 0.25) is 0 Å². The molecule has 0 fully saturated rings. The van der Waals surface area contributed by atoms with Gasteiger partial charge in [-0.3, -0.25) is 14.9 Å². The van der Waals surface area contributed by atoms with Gasteiger partial charge in [0.15, 0.2) is 5.76 Å². The van der Waals surface area contributed by atoms with Crippen LogP contribution in [0.25, 0.3) is 6.08 Å². The lowest BCUT2D eigenvalue weighted by Crippen LogP contribution is -2.10. The topological polar surface area (TPSA) is 105 Å². The molecule has 0 atom stereocenters. The average Bonchev–Trinajstić information content (AvgIpc) is 3.09. The molecule has 1 aliphatic rings. The number of nitro benzene ring substituents is 1. The minimum absolute atomic E-state index is 0.0496. The Kier molecular flexibility index (Phi) is 5.43. The minimum atomic E-state index is -0.604. The molecule has 1 aliphatic heterocycles. The maximum Gasteiger partial charge on any atom is 0.347 e. The number of ketones is 1. The van der Waals surface area contributed by atoms with Crippen molar-refractivity contribution in [3.63, 3.8) is 0 Å². The Labute approximate surface area is 182 Å². The van der Waals surface area contributed by atoms with Crippen LogP contribution in [0, 0.1) is 17.0 Å². The second-order valence-electron chi connectivity index (χ2n) is 6.99. The number of methoxy groups -OCH3 is 1. The lowest BCUT2D eigenvalue weighted by atomic mass is 10.0. The van der Waals surface area contributed by atoms with Gasteiger partial charge in [0.25, 0.3) is 5.69 Å². The lowest BCUT2D eigenvalue weighted by molar-refractivity contribution is -0.384. The van der Waals surface area contributed by atoms with Crippen LogP contribution >= 0.6 is 0 Å². The number of hydrogen-bond acceptors (Lipinski definition) is 7. The van der Waals surface area contributed by atoms with Crippen molar-refractivity contribution in [3.8, 4) is 17.2 Å². The molecular formula is C24H17NO7. The summed E-state index contributed by atoms with van der Waals surface area (Å²) in [6, 6.07) is 15.5. The van der Waals surface area contributed by atoms with Gasteiger partial charge in [-0.1, -0.05) is 12.1 Å². The summed E-state index contributed by atoms with van der Waals surface area (Å²) in [4.78, 5) is 35.7. The Hall–Kier alpha value is -4.46. The molecule has 0 saturated carbocycles. The predicted octanol–water partition coefficient (Wildman–Crippen LogP) is 4.75. The van der Waals surface area contributed by atoms with Crippen molar-refractivity contribution in [2.75, 3.05) is 7.11 Å². The molecule has 0 unspecified atom stereocenters. The lowest BCUT2D eigenvalue weighted by Gasteiger charge is -2.10. The third-order valence-electron chi connectivity index (χ3n) is 4.88. The SMILES string of the molecule is COc1ccccc1C(=O)Oc1cc(C)c2c(c1)O/C(=C\c1ccc([N+](=O)[O-])cc1)C2=O. The fourth-order valence-electron chi connectivity index (χ4n) is 3.36. The van der Waals surface area contributed by atoms with Crippen LogP contribution in [0.3, 0.4) is 0 Å². The molecule has 3 aromatic rings. The van der Waals surface area contributed by atoms with Gasteiger partial charge in [0.1, 0.15) is 22.8 Å². The zero-order chi connectivity index (χ0) is 22.8. The van der Waals surface area contributed by atoms with Crippen molar-refractivity contribution < 1.29 is 28.7 Å². The first-order valence-corrected chi connectivity index (χ1v) is 9.56. The number of para-hydroxylation sites is 1. The van der Waals surface area contributed by atoms with E-state index in [1.807, 2.05) is 0 Å². The molecule has 160 valence electrons. The Morgan fingerprint density at radius 2 is 1.81 bits per heavy atom. The van der Waals surface area contributed by atoms with E-state index in [1.54, 1.807) is 37.3 Å². The standard InChI is InChI=1S/C24H17NO7/c1-14-11-17(31-24(27)18-5-3-4-6-19(18)30-2)13-20-22(14)23(26)21(32-20)12-15-7-9-16(10-8-15)25(28)29/h3-13H,1-2H3/b21-12-. The zero-order valence-corrected chi connectivity index (χ0v) is 17.2. The molecule has 0 aliphatic carbocycles. The van der Waals surface area contributed by atoms with E-state index >= 15 is 0 Å². The summed E-state index contributed by atoms with van der Waals surface area (Å²) >= 11 is 0. The number of non-ortho nitro benzene ring substituents is 1. The number of allylic oxidation sites excluding steroid dienone is 1. The van der Waals surface area contributed by atoms with E-state index in [-0.39, 0.29) is 34.3 Å². The van der Waals surface area contributed by atoms with Crippen LogP contribution < -0.4 is 14.2 Å². The van der Waals surface area contributed by atoms with Gasteiger partial charge in [-0.15, -0.1) is 0 Å². The fourth-order valence-corrected chi connectivity index (χ4v) is 3.36. The molecule has 0 aromatic heterocycles. The number of carbonyl (C=O) groups is 2. The second kappa shape index (κ2) is 8.35. The average molecular weight is 431 g/mol. The monoisotopic (exact) mass is 431 g/mol. The molecule has 0 spiro atoms. The van der Waals surface area contributed by atoms with Crippen molar-refractivity contribution in [3.05, 3.63) is 98.8 Å². The van der Waals surface area contributed by atoms with Gasteiger partial charge in [0.2, 0.25) is 5.78 Å². The molecule has 8 nitrogen and oxygen atoms in total. The van der Waals surface area contributed by atoms with Gasteiger partial charge in [0, 0.05) is 18.2 Å². The third-order valence-corrected chi connectivity index (χ3v) is 4.88. The van der Waals surface area contributed by atoms with Gasteiger partial charge in [0.05, 0.1) is 17.6 Å². The second-order valence-corrected chi connectivity index (χ2v) is 6.99. The van der Waals surface area contributed by atoms with E-state index in [9.17, 15) is 19.7 Å². The van der Waals surface area contributed by atoms with E-state index in [4.69, 9.17) is 14.2 Å². The highest BCUT2D eigenvalue weighted by Gasteiger charge is 2.30.